The van der Waals surface area contributed by atoms with Crippen molar-refractivity contribution in [3.63, 3.8) is 0 Å². The molecule has 2 amide bonds. The van der Waals surface area contributed by atoms with E-state index < -0.39 is 0 Å². The zero-order chi connectivity index (χ0) is 19.5. The van der Waals surface area contributed by atoms with Crippen molar-refractivity contribution in [1.29, 1.82) is 0 Å². The van der Waals surface area contributed by atoms with Crippen LogP contribution in [0.15, 0.2) is 46.8 Å². The Kier molecular flexibility index (Phi) is 5.64. The van der Waals surface area contributed by atoms with Crippen molar-refractivity contribution in [2.75, 3.05) is 24.2 Å². The Hall–Kier alpha value is -2.38. The Morgan fingerprint density at radius 3 is 2.64 bits per heavy atom. The summed E-state index contributed by atoms with van der Waals surface area (Å²) in [6.07, 6.45) is 2.04. The summed E-state index contributed by atoms with van der Waals surface area (Å²) in [4.78, 5) is 32.1. The van der Waals surface area contributed by atoms with Crippen LogP contribution in [0, 0.1) is 0 Å². The molecule has 0 atom stereocenters. The quantitative estimate of drug-likeness (QED) is 0.607. The Morgan fingerprint density at radius 1 is 1.14 bits per heavy atom. The van der Waals surface area contributed by atoms with Gasteiger partial charge in [0.25, 0.3) is 11.8 Å². The third-order valence-corrected chi connectivity index (χ3v) is 6.73. The van der Waals surface area contributed by atoms with Gasteiger partial charge in [-0.25, -0.2) is 4.98 Å². The SMILES string of the molecule is CCSc1nc2ccc(NC(=O)c3ccccc3C(=O)N3CCCC3)cc2s1. The molecule has 1 saturated heterocycles. The number of thiazole rings is 1. The maximum absolute atomic E-state index is 12.9. The maximum Gasteiger partial charge on any atom is 0.256 e. The molecule has 5 nitrogen and oxygen atoms in total. The number of anilines is 1. The third kappa shape index (κ3) is 3.91. The van der Waals surface area contributed by atoms with Gasteiger partial charge in [-0.2, -0.15) is 0 Å². The first kappa shape index (κ1) is 19.0. The topological polar surface area (TPSA) is 62.3 Å². The van der Waals surface area contributed by atoms with Gasteiger partial charge in [-0.1, -0.05) is 30.8 Å². The van der Waals surface area contributed by atoms with Crippen molar-refractivity contribution in [2.45, 2.75) is 24.1 Å². The van der Waals surface area contributed by atoms with Gasteiger partial charge in [0.05, 0.1) is 21.3 Å². The van der Waals surface area contributed by atoms with Crippen LogP contribution in [0.5, 0.6) is 0 Å². The highest BCUT2D eigenvalue weighted by Crippen LogP contribution is 2.31. The Morgan fingerprint density at radius 2 is 1.89 bits per heavy atom. The van der Waals surface area contributed by atoms with E-state index in [1.807, 2.05) is 23.1 Å². The second kappa shape index (κ2) is 8.32. The molecule has 0 unspecified atom stereocenters. The highest BCUT2D eigenvalue weighted by molar-refractivity contribution is 8.01. The molecule has 144 valence electrons. The van der Waals surface area contributed by atoms with E-state index in [0.29, 0.717) is 16.8 Å². The molecule has 0 spiro atoms. The molecule has 3 aromatic rings. The lowest BCUT2D eigenvalue weighted by Gasteiger charge is -2.17. The highest BCUT2D eigenvalue weighted by atomic mass is 32.2. The van der Waals surface area contributed by atoms with E-state index in [-0.39, 0.29) is 11.8 Å². The molecular weight excluding hydrogens is 390 g/mol. The van der Waals surface area contributed by atoms with Crippen LogP contribution in [0.2, 0.25) is 0 Å². The van der Waals surface area contributed by atoms with Crippen LogP contribution in [-0.2, 0) is 0 Å². The lowest BCUT2D eigenvalue weighted by atomic mass is 10.1. The monoisotopic (exact) mass is 411 g/mol. The fourth-order valence-electron chi connectivity index (χ4n) is 3.32. The number of fused-ring (bicyclic) bond motifs is 1. The standard InChI is InChI=1S/C21H21N3O2S2/c1-2-27-21-23-17-10-9-14(13-18(17)28-21)22-19(25)15-7-3-4-8-16(15)20(26)24-11-5-6-12-24/h3-4,7-10,13H,2,5-6,11-12H2,1H3,(H,22,25). The van der Waals surface area contributed by atoms with Crippen molar-refractivity contribution in [3.8, 4) is 0 Å². The van der Waals surface area contributed by atoms with Crippen LogP contribution in [0.4, 0.5) is 5.69 Å². The van der Waals surface area contributed by atoms with Crippen LogP contribution in [0.25, 0.3) is 10.2 Å². The van der Waals surface area contributed by atoms with Crippen LogP contribution < -0.4 is 5.32 Å². The summed E-state index contributed by atoms with van der Waals surface area (Å²) in [6, 6.07) is 12.7. The lowest BCUT2D eigenvalue weighted by molar-refractivity contribution is 0.0787. The molecule has 1 N–H and O–H groups in total. The minimum atomic E-state index is -0.268. The zero-order valence-electron chi connectivity index (χ0n) is 15.6. The molecule has 0 radical (unpaired) electrons. The Balaban J connectivity index is 1.57. The number of likely N-dealkylation sites (tertiary alicyclic amines) is 1. The second-order valence-electron chi connectivity index (χ2n) is 6.59. The number of amides is 2. The van der Waals surface area contributed by atoms with Crippen molar-refractivity contribution in [3.05, 3.63) is 53.6 Å². The van der Waals surface area contributed by atoms with Gasteiger partial charge in [-0.15, -0.1) is 11.3 Å². The summed E-state index contributed by atoms with van der Waals surface area (Å²) in [5, 5.41) is 2.94. The number of nitrogens with one attached hydrogen (secondary N) is 1. The van der Waals surface area contributed by atoms with Gasteiger partial charge in [0, 0.05) is 18.8 Å². The maximum atomic E-state index is 12.9. The number of nitrogens with zero attached hydrogens (tertiary/aromatic N) is 2. The summed E-state index contributed by atoms with van der Waals surface area (Å²) < 4.78 is 2.07. The fourth-order valence-corrected chi connectivity index (χ4v) is 5.33. The van der Waals surface area contributed by atoms with E-state index in [4.69, 9.17) is 0 Å². The van der Waals surface area contributed by atoms with E-state index in [2.05, 4.69) is 17.2 Å². The molecule has 1 fully saturated rings. The molecule has 0 saturated carbocycles. The van der Waals surface area contributed by atoms with Gasteiger partial charge in [0.15, 0.2) is 4.34 Å². The van der Waals surface area contributed by atoms with Crippen LogP contribution in [-0.4, -0.2) is 40.5 Å². The molecular formula is C21H21N3O2S2. The molecule has 2 heterocycles. The summed E-state index contributed by atoms with van der Waals surface area (Å²) >= 11 is 3.34. The largest absolute Gasteiger partial charge is 0.339 e. The van der Waals surface area contributed by atoms with Gasteiger partial charge in [0.2, 0.25) is 0 Å². The lowest BCUT2D eigenvalue weighted by Crippen LogP contribution is -2.29. The van der Waals surface area contributed by atoms with Gasteiger partial charge >= 0.3 is 0 Å². The predicted molar refractivity (Wildman–Crippen MR) is 116 cm³/mol. The average molecular weight is 412 g/mol. The molecule has 1 aliphatic heterocycles. The molecule has 1 aliphatic rings. The molecule has 4 rings (SSSR count). The number of thioether (sulfide) groups is 1. The molecule has 2 aromatic carbocycles. The fraction of sp³-hybridized carbons (Fsp3) is 0.286. The van der Waals surface area contributed by atoms with Crippen LogP contribution >= 0.6 is 23.1 Å². The number of carbonyl (C=O) groups is 2. The summed E-state index contributed by atoms with van der Waals surface area (Å²) in [6.45, 7) is 3.62. The van der Waals surface area contributed by atoms with Crippen molar-refractivity contribution in [2.24, 2.45) is 0 Å². The minimum absolute atomic E-state index is 0.0672. The van der Waals surface area contributed by atoms with Crippen LogP contribution in [0.3, 0.4) is 0 Å². The van der Waals surface area contributed by atoms with Crippen molar-refractivity contribution < 1.29 is 9.59 Å². The molecule has 0 bridgehead atoms. The van der Waals surface area contributed by atoms with E-state index >= 15 is 0 Å². The Labute approximate surface area is 172 Å². The normalized spacial score (nSPS) is 13.8. The summed E-state index contributed by atoms with van der Waals surface area (Å²) in [5.74, 6) is 0.642. The number of aromatic nitrogens is 1. The minimum Gasteiger partial charge on any atom is -0.339 e. The summed E-state index contributed by atoms with van der Waals surface area (Å²) in [7, 11) is 0. The van der Waals surface area contributed by atoms with E-state index in [1.54, 1.807) is 47.4 Å². The first-order valence-corrected chi connectivity index (χ1v) is 11.2. The molecule has 0 aliphatic carbocycles. The number of carbonyl (C=O) groups excluding carboxylic acids is 2. The molecule has 28 heavy (non-hydrogen) atoms. The number of rotatable bonds is 5. The van der Waals surface area contributed by atoms with E-state index in [9.17, 15) is 9.59 Å². The van der Waals surface area contributed by atoms with Crippen molar-refractivity contribution in [1.82, 2.24) is 9.88 Å². The summed E-state index contributed by atoms with van der Waals surface area (Å²) in [5.41, 5.74) is 2.51. The van der Waals surface area contributed by atoms with Crippen LogP contribution in [0.1, 0.15) is 40.5 Å². The zero-order valence-corrected chi connectivity index (χ0v) is 17.2. The number of hydrogen-bond acceptors (Lipinski definition) is 5. The number of benzene rings is 2. The average Bonchev–Trinajstić information content (AvgIpc) is 3.37. The van der Waals surface area contributed by atoms with Gasteiger partial charge in [0.1, 0.15) is 0 Å². The van der Waals surface area contributed by atoms with E-state index in [1.165, 1.54) is 0 Å². The highest BCUT2D eigenvalue weighted by Gasteiger charge is 2.24. The predicted octanol–water partition coefficient (Wildman–Crippen LogP) is 4.90. The third-order valence-electron chi connectivity index (χ3n) is 4.69. The Bertz CT molecular complexity index is 1030. The van der Waals surface area contributed by atoms with Gasteiger partial charge < -0.3 is 10.2 Å². The van der Waals surface area contributed by atoms with Crippen molar-refractivity contribution >= 4 is 50.8 Å². The first-order valence-electron chi connectivity index (χ1n) is 9.39. The first-order chi connectivity index (χ1) is 13.7. The number of hydrogen-bond donors (Lipinski definition) is 1. The molecule has 1 aromatic heterocycles. The van der Waals surface area contributed by atoms with Gasteiger partial charge in [-0.05, 0) is 48.9 Å². The van der Waals surface area contributed by atoms with E-state index in [0.717, 1.165) is 46.2 Å². The van der Waals surface area contributed by atoms with Gasteiger partial charge in [-0.3, -0.25) is 9.59 Å². The molecule has 7 heteroatoms. The smallest absolute Gasteiger partial charge is 0.256 e. The second-order valence-corrected chi connectivity index (χ2v) is 9.14.